The summed E-state index contributed by atoms with van der Waals surface area (Å²) < 4.78 is 22.2. The van der Waals surface area contributed by atoms with Crippen molar-refractivity contribution in [2.45, 2.75) is 13.3 Å². The lowest BCUT2D eigenvalue weighted by Gasteiger charge is -2.01. The van der Waals surface area contributed by atoms with E-state index < -0.39 is 21.5 Å². The highest BCUT2D eigenvalue weighted by Crippen LogP contribution is 1.94. The lowest BCUT2D eigenvalue weighted by Crippen LogP contribution is -2.28. The monoisotopic (exact) mass is 207 g/mol. The third-order valence-corrected chi connectivity index (χ3v) is 2.92. The number of ketones is 1. The number of sulfone groups is 1. The maximum atomic E-state index is 11.1. The maximum absolute atomic E-state index is 11.1. The van der Waals surface area contributed by atoms with Crippen LogP contribution in [0.1, 0.15) is 13.3 Å². The molecule has 0 aromatic rings. The van der Waals surface area contributed by atoms with Crippen molar-refractivity contribution < 1.29 is 18.0 Å². The van der Waals surface area contributed by atoms with Crippen LogP contribution in [0.3, 0.4) is 0 Å². The molecule has 76 valence electrons. The molecule has 0 unspecified atom stereocenters. The van der Waals surface area contributed by atoms with E-state index in [1.54, 1.807) is 0 Å². The topological polar surface area (TPSA) is 80.3 Å². The molecule has 1 amide bonds. The molecule has 6 heteroatoms. The van der Waals surface area contributed by atoms with Gasteiger partial charge < -0.3 is 5.32 Å². The summed E-state index contributed by atoms with van der Waals surface area (Å²) in [5.74, 6) is -1.55. The van der Waals surface area contributed by atoms with E-state index in [2.05, 4.69) is 5.32 Å². The lowest BCUT2D eigenvalue weighted by atomic mass is 10.4. The van der Waals surface area contributed by atoms with Gasteiger partial charge in [0.1, 0.15) is 11.5 Å². The van der Waals surface area contributed by atoms with Crippen LogP contribution in [0.4, 0.5) is 0 Å². The Balaban J connectivity index is 4.10. The molecule has 0 heterocycles. The Hall–Kier alpha value is -0.910. The average molecular weight is 207 g/mol. The first-order valence-corrected chi connectivity index (χ1v) is 5.60. The van der Waals surface area contributed by atoms with Crippen LogP contribution >= 0.6 is 0 Å². The van der Waals surface area contributed by atoms with Crippen molar-refractivity contribution in [1.82, 2.24) is 5.32 Å². The molecule has 5 nitrogen and oxygen atoms in total. The summed E-state index contributed by atoms with van der Waals surface area (Å²) in [4.78, 5) is 21.2. The van der Waals surface area contributed by atoms with Crippen LogP contribution in [0.2, 0.25) is 0 Å². The van der Waals surface area contributed by atoms with Gasteiger partial charge in [-0.05, 0) is 6.92 Å². The second-order valence-corrected chi connectivity index (χ2v) is 4.90. The van der Waals surface area contributed by atoms with Gasteiger partial charge in [-0.2, -0.15) is 0 Å². The highest BCUT2D eigenvalue weighted by Gasteiger charge is 2.15. The molecule has 0 spiro atoms. The Labute approximate surface area is 77.4 Å². The van der Waals surface area contributed by atoms with Crippen molar-refractivity contribution in [2.24, 2.45) is 0 Å². The third kappa shape index (κ3) is 6.27. The van der Waals surface area contributed by atoms with Crippen LogP contribution in [0, 0.1) is 0 Å². The van der Waals surface area contributed by atoms with E-state index in [4.69, 9.17) is 0 Å². The summed E-state index contributed by atoms with van der Waals surface area (Å²) in [5.41, 5.74) is 0. The first kappa shape index (κ1) is 12.1. The zero-order valence-electron chi connectivity index (χ0n) is 7.66. The fourth-order valence-corrected chi connectivity index (χ4v) is 1.93. The second kappa shape index (κ2) is 4.96. The molecule has 0 radical (unpaired) electrons. The molecule has 0 saturated heterocycles. The van der Waals surface area contributed by atoms with E-state index in [0.29, 0.717) is 0 Å². The number of hydrogen-bond donors (Lipinski definition) is 1. The molecule has 0 aliphatic carbocycles. The summed E-state index contributed by atoms with van der Waals surface area (Å²) in [5, 5.41) is 2.21. The molecule has 0 fully saturated rings. The van der Waals surface area contributed by atoms with Crippen LogP contribution in [-0.2, 0) is 19.4 Å². The first-order chi connectivity index (χ1) is 5.87. The molecule has 0 atom stereocenters. The summed E-state index contributed by atoms with van der Waals surface area (Å²) in [6, 6.07) is 0. The van der Waals surface area contributed by atoms with Gasteiger partial charge >= 0.3 is 0 Å². The van der Waals surface area contributed by atoms with Crippen LogP contribution in [-0.4, -0.2) is 38.7 Å². The molecule has 0 aromatic heterocycles. The molecule has 0 aliphatic rings. The highest BCUT2D eigenvalue weighted by molar-refractivity contribution is 7.92. The van der Waals surface area contributed by atoms with E-state index in [9.17, 15) is 18.0 Å². The molecular formula is C7H13NO4S. The number of nitrogens with one attached hydrogen (secondary N) is 1. The number of carbonyl (C=O) groups is 2. The number of hydrogen-bond acceptors (Lipinski definition) is 4. The van der Waals surface area contributed by atoms with Gasteiger partial charge in [0.15, 0.2) is 9.84 Å². The number of amides is 1. The van der Waals surface area contributed by atoms with Gasteiger partial charge in [0.05, 0.1) is 5.75 Å². The standard InChI is InChI=1S/C7H13NO4S/c1-6(9)3-4-13(11,12)5-7(10)8-2/h3-5H2,1-2H3,(H,8,10). The van der Waals surface area contributed by atoms with E-state index in [-0.39, 0.29) is 18.0 Å². The summed E-state index contributed by atoms with van der Waals surface area (Å²) in [7, 11) is -2.06. The fraction of sp³-hybridized carbons (Fsp3) is 0.714. The molecule has 0 rings (SSSR count). The van der Waals surface area contributed by atoms with Crippen molar-refractivity contribution in [3.63, 3.8) is 0 Å². The van der Waals surface area contributed by atoms with Gasteiger partial charge in [0, 0.05) is 13.5 Å². The van der Waals surface area contributed by atoms with Crippen LogP contribution in [0.5, 0.6) is 0 Å². The van der Waals surface area contributed by atoms with E-state index in [0.717, 1.165) is 0 Å². The summed E-state index contributed by atoms with van der Waals surface area (Å²) >= 11 is 0. The molecule has 0 aromatic carbocycles. The Morgan fingerprint density at radius 1 is 1.31 bits per heavy atom. The Morgan fingerprint density at radius 2 is 1.85 bits per heavy atom. The van der Waals surface area contributed by atoms with Gasteiger partial charge in [-0.1, -0.05) is 0 Å². The van der Waals surface area contributed by atoms with E-state index >= 15 is 0 Å². The third-order valence-electron chi connectivity index (χ3n) is 1.39. The normalized spacial score (nSPS) is 10.9. The van der Waals surface area contributed by atoms with Crippen molar-refractivity contribution in [1.29, 1.82) is 0 Å². The highest BCUT2D eigenvalue weighted by atomic mass is 32.2. The van der Waals surface area contributed by atoms with Crippen LogP contribution in [0.15, 0.2) is 0 Å². The maximum Gasteiger partial charge on any atom is 0.234 e. The minimum Gasteiger partial charge on any atom is -0.358 e. The molecule has 0 bridgehead atoms. The van der Waals surface area contributed by atoms with Crippen molar-refractivity contribution in [3.8, 4) is 0 Å². The van der Waals surface area contributed by atoms with Gasteiger partial charge in [0.25, 0.3) is 0 Å². The van der Waals surface area contributed by atoms with Gasteiger partial charge in [-0.15, -0.1) is 0 Å². The minimum atomic E-state index is -3.42. The largest absolute Gasteiger partial charge is 0.358 e. The lowest BCUT2D eigenvalue weighted by molar-refractivity contribution is -0.118. The fourth-order valence-electron chi connectivity index (χ4n) is 0.643. The quantitative estimate of drug-likeness (QED) is 0.635. The predicted molar refractivity (Wildman–Crippen MR) is 48.0 cm³/mol. The smallest absolute Gasteiger partial charge is 0.234 e. The number of carbonyl (C=O) groups excluding carboxylic acids is 2. The second-order valence-electron chi connectivity index (χ2n) is 2.72. The van der Waals surface area contributed by atoms with Gasteiger partial charge in [-0.25, -0.2) is 8.42 Å². The van der Waals surface area contributed by atoms with Gasteiger partial charge in [0.2, 0.25) is 5.91 Å². The van der Waals surface area contributed by atoms with Crippen molar-refractivity contribution >= 4 is 21.5 Å². The van der Waals surface area contributed by atoms with Crippen LogP contribution < -0.4 is 5.32 Å². The van der Waals surface area contributed by atoms with Gasteiger partial charge in [-0.3, -0.25) is 9.59 Å². The number of Topliss-reactive ketones (excluding diaryl/α,β-unsaturated/α-hetero) is 1. The molecule has 0 saturated carbocycles. The Kier molecular flexibility index (Phi) is 4.61. The summed E-state index contributed by atoms with van der Waals surface area (Å²) in [6.07, 6.45) is -0.0284. The molecular weight excluding hydrogens is 194 g/mol. The SMILES string of the molecule is CNC(=O)CS(=O)(=O)CCC(C)=O. The minimum absolute atomic E-state index is 0.0284. The Bertz CT molecular complexity index is 294. The zero-order chi connectivity index (χ0) is 10.5. The van der Waals surface area contributed by atoms with Crippen molar-refractivity contribution in [3.05, 3.63) is 0 Å². The number of rotatable bonds is 5. The zero-order valence-corrected chi connectivity index (χ0v) is 8.48. The van der Waals surface area contributed by atoms with Crippen molar-refractivity contribution in [2.75, 3.05) is 18.6 Å². The van der Waals surface area contributed by atoms with Crippen LogP contribution in [0.25, 0.3) is 0 Å². The van der Waals surface area contributed by atoms with E-state index in [1.807, 2.05) is 0 Å². The Morgan fingerprint density at radius 3 is 2.23 bits per heavy atom. The molecule has 0 aliphatic heterocycles. The average Bonchev–Trinajstić information content (AvgIpc) is 2.00. The molecule has 13 heavy (non-hydrogen) atoms. The van der Waals surface area contributed by atoms with E-state index in [1.165, 1.54) is 14.0 Å². The predicted octanol–water partition coefficient (Wildman–Crippen LogP) is -0.874. The first-order valence-electron chi connectivity index (χ1n) is 3.78. The molecule has 1 N–H and O–H groups in total. The summed E-state index contributed by atoms with van der Waals surface area (Å²) in [6.45, 7) is 1.31.